The first kappa shape index (κ1) is 29.6. The van der Waals surface area contributed by atoms with E-state index in [1.54, 1.807) is 49.2 Å². The number of piperazine rings is 1. The zero-order chi connectivity index (χ0) is 31.3. The molecule has 2 heterocycles. The molecule has 0 unspecified atom stereocenters. The molecule has 10 nitrogen and oxygen atoms in total. The Labute approximate surface area is 261 Å². The van der Waals surface area contributed by atoms with Gasteiger partial charge in [0.15, 0.2) is 0 Å². The Bertz CT molecular complexity index is 1740. The van der Waals surface area contributed by atoms with E-state index in [9.17, 15) is 14.9 Å². The van der Waals surface area contributed by atoms with Crippen molar-refractivity contribution in [1.29, 1.82) is 0 Å². The van der Waals surface area contributed by atoms with E-state index in [2.05, 4.69) is 53.4 Å². The minimum Gasteiger partial charge on any atom is -0.497 e. The van der Waals surface area contributed by atoms with Crippen LogP contribution in [0.3, 0.4) is 0 Å². The smallest absolute Gasteiger partial charge is 0.272 e. The highest BCUT2D eigenvalue weighted by Crippen LogP contribution is 2.34. The van der Waals surface area contributed by atoms with Gasteiger partial charge in [0.1, 0.15) is 17.2 Å². The zero-order valence-corrected chi connectivity index (χ0v) is 25.1. The highest BCUT2D eigenvalue weighted by Gasteiger charge is 2.31. The Kier molecular flexibility index (Phi) is 8.56. The molecular weight excluding hydrogens is 570 g/mol. The molecule has 6 rings (SSSR count). The summed E-state index contributed by atoms with van der Waals surface area (Å²) in [6, 6.07) is 34.1. The monoisotopic (exact) mass is 603 g/mol. The number of benzene rings is 4. The fourth-order valence-electron chi connectivity index (χ4n) is 5.82. The molecule has 1 amide bonds. The number of nitrogens with zero attached hydrogens (tertiary/aromatic N) is 5. The van der Waals surface area contributed by atoms with Crippen LogP contribution >= 0.6 is 0 Å². The van der Waals surface area contributed by atoms with Gasteiger partial charge in [-0.2, -0.15) is 5.10 Å². The Morgan fingerprint density at radius 3 is 1.98 bits per heavy atom. The number of ether oxygens (including phenoxy) is 2. The maximum absolute atomic E-state index is 14.2. The van der Waals surface area contributed by atoms with Gasteiger partial charge in [0.25, 0.3) is 11.6 Å². The summed E-state index contributed by atoms with van der Waals surface area (Å²) >= 11 is 0. The van der Waals surface area contributed by atoms with Gasteiger partial charge in [-0.25, -0.2) is 4.68 Å². The van der Waals surface area contributed by atoms with E-state index in [1.807, 2.05) is 23.1 Å². The number of nitro groups is 1. The molecule has 1 saturated heterocycles. The molecule has 0 N–H and O–H groups in total. The first-order valence-electron chi connectivity index (χ1n) is 14.7. The summed E-state index contributed by atoms with van der Waals surface area (Å²) in [7, 11) is 3.14. The second kappa shape index (κ2) is 13.0. The number of hydrogen-bond donors (Lipinski definition) is 0. The van der Waals surface area contributed by atoms with E-state index in [1.165, 1.54) is 23.3 Å². The van der Waals surface area contributed by atoms with E-state index in [0.29, 0.717) is 60.3 Å². The van der Waals surface area contributed by atoms with Crippen LogP contribution in [0.2, 0.25) is 0 Å². The summed E-state index contributed by atoms with van der Waals surface area (Å²) in [5.41, 5.74) is 4.48. The molecule has 4 aromatic carbocycles. The fourth-order valence-corrected chi connectivity index (χ4v) is 5.82. The predicted octanol–water partition coefficient (Wildman–Crippen LogP) is 6.01. The van der Waals surface area contributed by atoms with E-state index < -0.39 is 4.92 Å². The summed E-state index contributed by atoms with van der Waals surface area (Å²) in [5.74, 6) is 1.00. The largest absolute Gasteiger partial charge is 0.497 e. The Balaban J connectivity index is 1.31. The average molecular weight is 604 g/mol. The van der Waals surface area contributed by atoms with E-state index in [4.69, 9.17) is 14.6 Å². The van der Waals surface area contributed by atoms with Crippen molar-refractivity contribution in [3.8, 4) is 28.4 Å². The normalized spacial score (nSPS) is 13.5. The van der Waals surface area contributed by atoms with Crippen molar-refractivity contribution in [2.75, 3.05) is 40.4 Å². The number of carbonyl (C=O) groups excluding carboxylic acids is 1. The lowest BCUT2D eigenvalue weighted by Crippen LogP contribution is -2.50. The molecule has 45 heavy (non-hydrogen) atoms. The molecule has 10 heteroatoms. The number of amides is 1. The van der Waals surface area contributed by atoms with E-state index in [0.717, 1.165) is 0 Å². The third-order valence-electron chi connectivity index (χ3n) is 8.12. The average Bonchev–Trinajstić information content (AvgIpc) is 3.54. The molecule has 0 spiro atoms. The molecule has 1 fully saturated rings. The minimum absolute atomic E-state index is 0.0432. The number of rotatable bonds is 9. The maximum Gasteiger partial charge on any atom is 0.272 e. The van der Waals surface area contributed by atoms with Gasteiger partial charge in [-0.3, -0.25) is 19.8 Å². The van der Waals surface area contributed by atoms with Crippen molar-refractivity contribution in [2.24, 2.45) is 0 Å². The molecule has 228 valence electrons. The SMILES string of the molecule is COc1ccc(-c2cc(C(=O)N3CCN(C(c4ccccc4)c4ccccc4)CC3)n(-c3ccc([N+](=O)[O-])cc3)n2)c(OC)c1. The molecule has 0 bridgehead atoms. The van der Waals surface area contributed by atoms with Crippen molar-refractivity contribution in [2.45, 2.75) is 6.04 Å². The fraction of sp³-hybridized carbons (Fsp3) is 0.200. The van der Waals surface area contributed by atoms with Gasteiger partial charge in [0, 0.05) is 49.9 Å². The van der Waals surface area contributed by atoms with Crippen LogP contribution in [0, 0.1) is 10.1 Å². The van der Waals surface area contributed by atoms with Gasteiger partial charge in [0.2, 0.25) is 0 Å². The molecule has 1 aliphatic rings. The van der Waals surface area contributed by atoms with Gasteiger partial charge in [0.05, 0.1) is 36.6 Å². The van der Waals surface area contributed by atoms with Crippen molar-refractivity contribution < 1.29 is 19.2 Å². The Morgan fingerprint density at radius 2 is 1.42 bits per heavy atom. The number of aromatic nitrogens is 2. The summed E-state index contributed by atoms with van der Waals surface area (Å²) < 4.78 is 12.5. The lowest BCUT2D eigenvalue weighted by atomic mass is 9.96. The summed E-state index contributed by atoms with van der Waals surface area (Å²) in [4.78, 5) is 29.3. The van der Waals surface area contributed by atoms with Crippen LogP contribution in [0.15, 0.2) is 109 Å². The summed E-state index contributed by atoms with van der Waals surface area (Å²) in [5, 5.41) is 16.1. The molecule has 0 radical (unpaired) electrons. The van der Waals surface area contributed by atoms with Crippen LogP contribution < -0.4 is 9.47 Å². The lowest BCUT2D eigenvalue weighted by molar-refractivity contribution is -0.384. The topological polar surface area (TPSA) is 103 Å². The first-order chi connectivity index (χ1) is 22.0. The number of nitro benzene ring substituents is 1. The molecular formula is C35H33N5O5. The molecule has 1 aromatic heterocycles. The van der Waals surface area contributed by atoms with Gasteiger partial charge in [-0.15, -0.1) is 0 Å². The lowest BCUT2D eigenvalue weighted by Gasteiger charge is -2.39. The van der Waals surface area contributed by atoms with Gasteiger partial charge in [-0.05, 0) is 41.5 Å². The van der Waals surface area contributed by atoms with E-state index >= 15 is 0 Å². The maximum atomic E-state index is 14.2. The standard InChI is InChI=1S/C35H33N5O5/c1-44-29-17-18-30(33(23-29)45-2)31-24-32(39(36-31)27-13-15-28(16-14-27)40(42)43)35(41)38-21-19-37(20-22-38)34(25-9-5-3-6-10-25)26-11-7-4-8-12-26/h3-18,23-24,34H,19-22H2,1-2H3. The van der Waals surface area contributed by atoms with Gasteiger partial charge in [-0.1, -0.05) is 60.7 Å². The molecule has 5 aromatic rings. The number of non-ortho nitro benzene ring substituents is 1. The van der Waals surface area contributed by atoms with Crippen molar-refractivity contribution in [1.82, 2.24) is 19.6 Å². The highest BCUT2D eigenvalue weighted by atomic mass is 16.6. The predicted molar refractivity (Wildman–Crippen MR) is 171 cm³/mol. The van der Waals surface area contributed by atoms with Crippen LogP contribution in [0.5, 0.6) is 11.5 Å². The molecule has 0 atom stereocenters. The van der Waals surface area contributed by atoms with Crippen LogP contribution in [-0.2, 0) is 0 Å². The second-order valence-corrected chi connectivity index (χ2v) is 10.7. The Morgan fingerprint density at radius 1 is 0.800 bits per heavy atom. The van der Waals surface area contributed by atoms with Crippen LogP contribution in [-0.4, -0.2) is 70.8 Å². The third kappa shape index (κ3) is 6.13. The minimum atomic E-state index is -0.454. The van der Waals surface area contributed by atoms with Crippen LogP contribution in [0.1, 0.15) is 27.7 Å². The van der Waals surface area contributed by atoms with Crippen molar-refractivity contribution >= 4 is 11.6 Å². The quantitative estimate of drug-likeness (QED) is 0.150. The van der Waals surface area contributed by atoms with Gasteiger partial charge < -0.3 is 14.4 Å². The number of methoxy groups -OCH3 is 2. The van der Waals surface area contributed by atoms with Crippen LogP contribution in [0.25, 0.3) is 16.9 Å². The highest BCUT2D eigenvalue weighted by molar-refractivity contribution is 5.94. The van der Waals surface area contributed by atoms with E-state index in [-0.39, 0.29) is 17.6 Å². The molecule has 1 aliphatic heterocycles. The second-order valence-electron chi connectivity index (χ2n) is 10.7. The van der Waals surface area contributed by atoms with Crippen LogP contribution in [0.4, 0.5) is 5.69 Å². The summed E-state index contributed by atoms with van der Waals surface area (Å²) in [6.07, 6.45) is 0. The summed E-state index contributed by atoms with van der Waals surface area (Å²) in [6.45, 7) is 2.43. The first-order valence-corrected chi connectivity index (χ1v) is 14.7. The third-order valence-corrected chi connectivity index (χ3v) is 8.12. The van der Waals surface area contributed by atoms with Gasteiger partial charge >= 0.3 is 0 Å². The Hall–Kier alpha value is -5.48. The number of carbonyl (C=O) groups is 1. The zero-order valence-electron chi connectivity index (χ0n) is 25.1. The molecule has 0 aliphatic carbocycles. The molecule has 0 saturated carbocycles. The van der Waals surface area contributed by atoms with Crippen molar-refractivity contribution in [3.63, 3.8) is 0 Å². The van der Waals surface area contributed by atoms with Crippen molar-refractivity contribution in [3.05, 3.63) is 136 Å². The number of hydrogen-bond acceptors (Lipinski definition) is 7.